The van der Waals surface area contributed by atoms with Gasteiger partial charge in [-0.1, -0.05) is 29.8 Å². The summed E-state index contributed by atoms with van der Waals surface area (Å²) in [7, 11) is 0. The fourth-order valence-corrected chi connectivity index (χ4v) is 2.25. The minimum absolute atomic E-state index is 0.00681. The Morgan fingerprint density at radius 3 is 2.83 bits per heavy atom. The van der Waals surface area contributed by atoms with Crippen LogP contribution in [-0.4, -0.2) is 9.78 Å². The van der Waals surface area contributed by atoms with Crippen LogP contribution in [0.25, 0.3) is 0 Å². The number of rotatable bonds is 5. The van der Waals surface area contributed by atoms with Gasteiger partial charge in [-0.15, -0.1) is 0 Å². The van der Waals surface area contributed by atoms with E-state index in [9.17, 15) is 0 Å². The molecule has 18 heavy (non-hydrogen) atoms. The average molecular weight is 265 g/mol. The molecule has 1 atom stereocenters. The third-order valence-electron chi connectivity index (χ3n) is 2.99. The second-order valence-electron chi connectivity index (χ2n) is 4.09. The van der Waals surface area contributed by atoms with E-state index in [1.807, 2.05) is 35.0 Å². The van der Waals surface area contributed by atoms with Crippen molar-refractivity contribution in [1.82, 2.24) is 15.2 Å². The first kappa shape index (κ1) is 13.1. The molecule has 4 nitrogen and oxygen atoms in total. The fraction of sp³-hybridized carbons (Fsp3) is 0.308. The van der Waals surface area contributed by atoms with Gasteiger partial charge in [0.25, 0.3) is 0 Å². The molecule has 0 bridgehead atoms. The molecule has 0 spiro atoms. The van der Waals surface area contributed by atoms with E-state index in [-0.39, 0.29) is 6.04 Å². The molecule has 1 aromatic carbocycles. The number of hydrazine groups is 1. The molecule has 0 aliphatic rings. The van der Waals surface area contributed by atoms with Crippen molar-refractivity contribution >= 4 is 11.6 Å². The van der Waals surface area contributed by atoms with Gasteiger partial charge in [-0.2, -0.15) is 5.10 Å². The zero-order valence-electron chi connectivity index (χ0n) is 10.3. The Kier molecular flexibility index (Phi) is 4.36. The van der Waals surface area contributed by atoms with Crippen molar-refractivity contribution < 1.29 is 0 Å². The summed E-state index contributed by atoms with van der Waals surface area (Å²) < 4.78 is 1.93. The lowest BCUT2D eigenvalue weighted by Crippen LogP contribution is -2.31. The third kappa shape index (κ3) is 2.72. The average Bonchev–Trinajstić information content (AvgIpc) is 2.86. The van der Waals surface area contributed by atoms with Gasteiger partial charge in [-0.05, 0) is 31.0 Å². The number of benzene rings is 1. The van der Waals surface area contributed by atoms with Crippen molar-refractivity contribution in [2.45, 2.75) is 25.9 Å². The molecule has 0 saturated carbocycles. The van der Waals surface area contributed by atoms with Gasteiger partial charge < -0.3 is 0 Å². The van der Waals surface area contributed by atoms with Gasteiger partial charge in [0.1, 0.15) is 0 Å². The van der Waals surface area contributed by atoms with Crippen LogP contribution in [0.2, 0.25) is 5.02 Å². The van der Waals surface area contributed by atoms with Crippen molar-refractivity contribution in [3.63, 3.8) is 0 Å². The number of aromatic nitrogens is 2. The molecular weight excluding hydrogens is 248 g/mol. The SMILES string of the molecule is CCn1nccc1C(Cc1ccccc1Cl)NN. The highest BCUT2D eigenvalue weighted by Crippen LogP contribution is 2.22. The lowest BCUT2D eigenvalue weighted by atomic mass is 10.0. The number of aryl methyl sites for hydroxylation is 1. The van der Waals surface area contributed by atoms with Crippen LogP contribution in [0.1, 0.15) is 24.2 Å². The topological polar surface area (TPSA) is 55.9 Å². The Hall–Kier alpha value is -1.36. The summed E-state index contributed by atoms with van der Waals surface area (Å²) in [6, 6.07) is 9.79. The molecule has 2 rings (SSSR count). The maximum Gasteiger partial charge on any atom is 0.0669 e. The summed E-state index contributed by atoms with van der Waals surface area (Å²) in [5, 5.41) is 5.02. The smallest absolute Gasteiger partial charge is 0.0669 e. The van der Waals surface area contributed by atoms with E-state index >= 15 is 0 Å². The van der Waals surface area contributed by atoms with Crippen molar-refractivity contribution in [3.05, 3.63) is 52.8 Å². The minimum Gasteiger partial charge on any atom is -0.271 e. The number of halogens is 1. The molecule has 1 aromatic heterocycles. The van der Waals surface area contributed by atoms with Gasteiger partial charge in [0.2, 0.25) is 0 Å². The van der Waals surface area contributed by atoms with E-state index in [0.717, 1.165) is 29.2 Å². The van der Waals surface area contributed by atoms with Crippen molar-refractivity contribution in [3.8, 4) is 0 Å². The van der Waals surface area contributed by atoms with Gasteiger partial charge in [0.05, 0.1) is 11.7 Å². The quantitative estimate of drug-likeness (QED) is 0.644. The van der Waals surface area contributed by atoms with Crippen LogP contribution < -0.4 is 11.3 Å². The van der Waals surface area contributed by atoms with Crippen LogP contribution in [0.4, 0.5) is 0 Å². The fourth-order valence-electron chi connectivity index (χ4n) is 2.04. The van der Waals surface area contributed by atoms with Gasteiger partial charge in [0.15, 0.2) is 0 Å². The number of hydrogen-bond acceptors (Lipinski definition) is 3. The third-order valence-corrected chi connectivity index (χ3v) is 3.36. The Morgan fingerprint density at radius 2 is 2.17 bits per heavy atom. The van der Waals surface area contributed by atoms with Crippen molar-refractivity contribution in [2.24, 2.45) is 5.84 Å². The summed E-state index contributed by atoms with van der Waals surface area (Å²) in [6.07, 6.45) is 2.53. The Balaban J connectivity index is 2.23. The molecule has 0 amide bonds. The molecule has 1 unspecified atom stereocenters. The van der Waals surface area contributed by atoms with Gasteiger partial charge in [-0.3, -0.25) is 16.0 Å². The first-order valence-corrected chi connectivity index (χ1v) is 6.35. The molecule has 0 radical (unpaired) electrons. The molecule has 0 fully saturated rings. The lowest BCUT2D eigenvalue weighted by molar-refractivity contribution is 0.490. The standard InChI is InChI=1S/C13H17ClN4/c1-2-18-13(7-8-16-18)12(17-15)9-10-5-3-4-6-11(10)14/h3-8,12,17H,2,9,15H2,1H3. The predicted molar refractivity (Wildman–Crippen MR) is 73.1 cm³/mol. The number of nitrogens with one attached hydrogen (secondary N) is 1. The zero-order chi connectivity index (χ0) is 13.0. The van der Waals surface area contributed by atoms with Crippen LogP contribution in [0, 0.1) is 0 Å². The predicted octanol–water partition coefficient (Wildman–Crippen LogP) is 2.30. The monoisotopic (exact) mass is 264 g/mol. The van der Waals surface area contributed by atoms with Crippen LogP contribution in [-0.2, 0) is 13.0 Å². The van der Waals surface area contributed by atoms with E-state index in [1.54, 1.807) is 6.20 Å². The number of hydrogen-bond donors (Lipinski definition) is 2. The second-order valence-corrected chi connectivity index (χ2v) is 4.49. The summed E-state index contributed by atoms with van der Waals surface area (Å²) >= 11 is 6.17. The maximum absolute atomic E-state index is 6.17. The molecule has 3 N–H and O–H groups in total. The first-order chi connectivity index (χ1) is 8.76. The highest BCUT2D eigenvalue weighted by Gasteiger charge is 2.15. The summed E-state index contributed by atoms with van der Waals surface area (Å²) in [6.45, 7) is 2.88. The molecule has 2 aromatic rings. The normalized spacial score (nSPS) is 12.6. The van der Waals surface area contributed by atoms with E-state index < -0.39 is 0 Å². The van der Waals surface area contributed by atoms with Crippen LogP contribution >= 0.6 is 11.6 Å². The molecule has 0 aliphatic heterocycles. The highest BCUT2D eigenvalue weighted by atomic mass is 35.5. The van der Waals surface area contributed by atoms with Crippen LogP contribution in [0.15, 0.2) is 36.5 Å². The minimum atomic E-state index is 0.00681. The Labute approximate surface area is 112 Å². The van der Waals surface area contributed by atoms with Crippen molar-refractivity contribution in [2.75, 3.05) is 0 Å². The van der Waals surface area contributed by atoms with Gasteiger partial charge in [-0.25, -0.2) is 0 Å². The number of nitrogens with two attached hydrogens (primary N) is 1. The second kappa shape index (κ2) is 6.00. The van der Waals surface area contributed by atoms with Crippen molar-refractivity contribution in [1.29, 1.82) is 0 Å². The Bertz CT molecular complexity index is 509. The first-order valence-electron chi connectivity index (χ1n) is 5.97. The molecule has 0 aliphatic carbocycles. The Morgan fingerprint density at radius 1 is 1.39 bits per heavy atom. The largest absolute Gasteiger partial charge is 0.271 e. The van der Waals surface area contributed by atoms with E-state index in [4.69, 9.17) is 17.4 Å². The van der Waals surface area contributed by atoms with E-state index in [1.165, 1.54) is 0 Å². The van der Waals surface area contributed by atoms with Gasteiger partial charge >= 0.3 is 0 Å². The lowest BCUT2D eigenvalue weighted by Gasteiger charge is -2.17. The van der Waals surface area contributed by atoms with Crippen LogP contribution in [0.5, 0.6) is 0 Å². The van der Waals surface area contributed by atoms with Gasteiger partial charge in [0, 0.05) is 17.8 Å². The molecule has 5 heteroatoms. The summed E-state index contributed by atoms with van der Waals surface area (Å²) in [5.74, 6) is 5.65. The van der Waals surface area contributed by atoms with Crippen LogP contribution in [0.3, 0.4) is 0 Å². The molecule has 0 saturated heterocycles. The molecule has 96 valence electrons. The van der Waals surface area contributed by atoms with E-state index in [0.29, 0.717) is 0 Å². The zero-order valence-corrected chi connectivity index (χ0v) is 11.1. The molecule has 1 heterocycles. The summed E-state index contributed by atoms with van der Waals surface area (Å²) in [4.78, 5) is 0. The maximum atomic E-state index is 6.17. The number of nitrogens with zero attached hydrogens (tertiary/aromatic N) is 2. The highest BCUT2D eigenvalue weighted by molar-refractivity contribution is 6.31. The molecular formula is C13H17ClN4. The van der Waals surface area contributed by atoms with E-state index in [2.05, 4.69) is 17.4 Å². The summed E-state index contributed by atoms with van der Waals surface area (Å²) in [5.41, 5.74) is 4.98.